The third-order valence-corrected chi connectivity index (χ3v) is 6.40. The molecule has 4 aromatic rings. The second-order valence-electron chi connectivity index (χ2n) is 8.82. The third-order valence-electron chi connectivity index (χ3n) is 6.40. The highest BCUT2D eigenvalue weighted by Crippen LogP contribution is 2.30. The molecule has 0 spiro atoms. The van der Waals surface area contributed by atoms with Gasteiger partial charge in [-0.25, -0.2) is 9.97 Å². The highest BCUT2D eigenvalue weighted by Gasteiger charge is 2.23. The van der Waals surface area contributed by atoms with Gasteiger partial charge in [0, 0.05) is 50.7 Å². The predicted octanol–water partition coefficient (Wildman–Crippen LogP) is 3.39. The van der Waals surface area contributed by atoms with Crippen LogP contribution in [-0.2, 0) is 13.5 Å². The summed E-state index contributed by atoms with van der Waals surface area (Å²) in [6, 6.07) is 4.03. The molecule has 0 atom stereocenters. The quantitative estimate of drug-likeness (QED) is 0.431. The maximum absolute atomic E-state index is 4.99. The monoisotopic (exact) mass is 457 g/mol. The summed E-state index contributed by atoms with van der Waals surface area (Å²) in [5.74, 6) is 0.703. The molecule has 0 amide bonds. The number of nitrogens with one attached hydrogen (secondary N) is 2. The molecule has 0 saturated carbocycles. The van der Waals surface area contributed by atoms with Crippen LogP contribution in [0.1, 0.15) is 24.0 Å². The first kappa shape index (κ1) is 22.1. The van der Waals surface area contributed by atoms with Crippen LogP contribution in [-0.4, -0.2) is 78.0 Å². The molecule has 0 bridgehead atoms. The Labute approximate surface area is 199 Å². The van der Waals surface area contributed by atoms with Crippen LogP contribution in [0.2, 0.25) is 0 Å². The molecule has 9 nitrogen and oxygen atoms in total. The lowest BCUT2D eigenvalue weighted by Gasteiger charge is -2.35. The van der Waals surface area contributed by atoms with Gasteiger partial charge < -0.3 is 14.8 Å². The van der Waals surface area contributed by atoms with Gasteiger partial charge in [-0.15, -0.1) is 0 Å². The minimum atomic E-state index is 0.703. The number of pyridine rings is 1. The number of hydrogen-bond acceptors (Lipinski definition) is 6. The van der Waals surface area contributed by atoms with Gasteiger partial charge in [-0.1, -0.05) is 19.6 Å². The topological polar surface area (TPSA) is 94.5 Å². The first-order valence-corrected chi connectivity index (χ1v) is 11.7. The largest absolute Gasteiger partial charge is 0.367 e. The molecule has 1 aliphatic heterocycles. The molecule has 0 aromatic carbocycles. The fourth-order valence-electron chi connectivity index (χ4n) is 4.54. The van der Waals surface area contributed by atoms with Crippen LogP contribution >= 0.6 is 0 Å². The molecule has 5 rings (SSSR count). The lowest BCUT2D eigenvalue weighted by molar-refractivity contribution is 0.207. The van der Waals surface area contributed by atoms with Gasteiger partial charge in [0.1, 0.15) is 11.2 Å². The smallest absolute Gasteiger partial charge is 0.161 e. The van der Waals surface area contributed by atoms with E-state index < -0.39 is 0 Å². The summed E-state index contributed by atoms with van der Waals surface area (Å²) in [6.07, 6.45) is 6.74. The van der Waals surface area contributed by atoms with Gasteiger partial charge in [-0.2, -0.15) is 10.2 Å². The Morgan fingerprint density at radius 2 is 1.94 bits per heavy atom. The van der Waals surface area contributed by atoms with Gasteiger partial charge >= 0.3 is 0 Å². The molecule has 2 N–H and O–H groups in total. The van der Waals surface area contributed by atoms with Crippen LogP contribution in [0.4, 0.5) is 0 Å². The maximum atomic E-state index is 4.99. The minimum Gasteiger partial charge on any atom is -0.367 e. The Hall–Kier alpha value is -3.72. The zero-order valence-electron chi connectivity index (χ0n) is 20.3. The van der Waals surface area contributed by atoms with Gasteiger partial charge in [0.15, 0.2) is 11.5 Å². The van der Waals surface area contributed by atoms with Gasteiger partial charge in [0.25, 0.3) is 0 Å². The Morgan fingerprint density at radius 1 is 1.15 bits per heavy atom. The number of piperazine rings is 1. The summed E-state index contributed by atoms with van der Waals surface area (Å²) >= 11 is 0. The molecular weight excluding hydrogens is 426 g/mol. The highest BCUT2D eigenvalue weighted by molar-refractivity contribution is 5.89. The molecule has 1 aliphatic rings. The Balaban J connectivity index is 1.55. The molecule has 1 saturated heterocycles. The molecule has 34 heavy (non-hydrogen) atoms. The summed E-state index contributed by atoms with van der Waals surface area (Å²) in [5, 5.41) is 12.2. The second-order valence-corrected chi connectivity index (χ2v) is 8.82. The average molecular weight is 458 g/mol. The molecule has 0 unspecified atom stereocenters. The summed E-state index contributed by atoms with van der Waals surface area (Å²) in [5.41, 5.74) is 8.33. The standard InChI is InChI=1S/C25H31N9/c1-6-8-21(34-13-11-32(4)12-14-34)22-16(3)26-25(28-22)24-23-20(29-30-24)10-9-19(27-23)17-15-33(5)31-18(17)7-2/h6,8-10,15H,1,7,11-14H2,2-5H3,(H,26,28)(H,29,30)/b21-8+. The van der Waals surface area contributed by atoms with Crippen molar-refractivity contribution in [2.75, 3.05) is 33.2 Å². The van der Waals surface area contributed by atoms with Crippen molar-refractivity contribution in [3.8, 4) is 22.8 Å². The van der Waals surface area contributed by atoms with Crippen molar-refractivity contribution < 1.29 is 0 Å². The van der Waals surface area contributed by atoms with Crippen molar-refractivity contribution in [2.24, 2.45) is 7.05 Å². The number of nitrogens with zero attached hydrogens (tertiary/aromatic N) is 7. The molecule has 5 heterocycles. The van der Waals surface area contributed by atoms with Crippen molar-refractivity contribution >= 4 is 16.7 Å². The molecule has 176 valence electrons. The van der Waals surface area contributed by atoms with Crippen LogP contribution in [0.15, 0.2) is 37.1 Å². The molecular formula is C25H31N9. The Morgan fingerprint density at radius 3 is 2.68 bits per heavy atom. The van der Waals surface area contributed by atoms with Gasteiger partial charge in [0.2, 0.25) is 0 Å². The lowest BCUT2D eigenvalue weighted by Crippen LogP contribution is -2.43. The number of rotatable bonds is 6. The summed E-state index contributed by atoms with van der Waals surface area (Å²) in [4.78, 5) is 18.1. The van der Waals surface area contributed by atoms with E-state index in [0.29, 0.717) is 11.5 Å². The van der Waals surface area contributed by atoms with Crippen molar-refractivity contribution in [3.63, 3.8) is 0 Å². The van der Waals surface area contributed by atoms with Crippen LogP contribution in [0.3, 0.4) is 0 Å². The van der Waals surface area contributed by atoms with E-state index in [2.05, 4.69) is 57.6 Å². The molecule has 0 aliphatic carbocycles. The number of fused-ring (bicyclic) bond motifs is 1. The zero-order chi connectivity index (χ0) is 23.8. The van der Waals surface area contributed by atoms with E-state index in [1.807, 2.05) is 42.2 Å². The van der Waals surface area contributed by atoms with Crippen LogP contribution in [0.5, 0.6) is 0 Å². The van der Waals surface area contributed by atoms with Crippen molar-refractivity contribution in [3.05, 3.63) is 54.1 Å². The fourth-order valence-corrected chi connectivity index (χ4v) is 4.54. The summed E-state index contributed by atoms with van der Waals surface area (Å²) < 4.78 is 1.84. The average Bonchev–Trinajstić information content (AvgIpc) is 3.53. The molecule has 9 heteroatoms. The van der Waals surface area contributed by atoms with E-state index in [0.717, 1.165) is 77.7 Å². The van der Waals surface area contributed by atoms with Gasteiger partial charge in [-0.05, 0) is 38.6 Å². The third kappa shape index (κ3) is 3.92. The van der Waals surface area contributed by atoms with Crippen molar-refractivity contribution in [1.82, 2.24) is 44.7 Å². The number of aromatic amines is 2. The van der Waals surface area contributed by atoms with Crippen molar-refractivity contribution in [1.29, 1.82) is 0 Å². The molecule has 0 radical (unpaired) electrons. The Bertz CT molecular complexity index is 1360. The number of aryl methyl sites for hydroxylation is 3. The van der Waals surface area contributed by atoms with E-state index in [9.17, 15) is 0 Å². The van der Waals surface area contributed by atoms with E-state index >= 15 is 0 Å². The summed E-state index contributed by atoms with van der Waals surface area (Å²) in [6.45, 7) is 12.1. The fraction of sp³-hybridized carbons (Fsp3) is 0.360. The van der Waals surface area contributed by atoms with Crippen LogP contribution in [0.25, 0.3) is 39.5 Å². The predicted molar refractivity (Wildman–Crippen MR) is 135 cm³/mol. The van der Waals surface area contributed by atoms with Crippen LogP contribution < -0.4 is 0 Å². The number of likely N-dealkylation sites (N-methyl/N-ethyl adjacent to an activating group) is 1. The van der Waals surface area contributed by atoms with Crippen LogP contribution in [0, 0.1) is 6.92 Å². The van der Waals surface area contributed by atoms with E-state index in [1.165, 1.54) is 0 Å². The molecule has 1 fully saturated rings. The maximum Gasteiger partial charge on any atom is 0.161 e. The number of allylic oxidation sites excluding steroid dienone is 2. The molecule has 4 aromatic heterocycles. The summed E-state index contributed by atoms with van der Waals surface area (Å²) in [7, 11) is 4.09. The first-order valence-electron chi connectivity index (χ1n) is 11.7. The normalized spacial score (nSPS) is 15.4. The van der Waals surface area contributed by atoms with Gasteiger partial charge in [0.05, 0.1) is 22.6 Å². The second kappa shape index (κ2) is 8.90. The number of aromatic nitrogens is 7. The SMILES string of the molecule is C=C/C=C(\c1nc(-c2n[nH]c3ccc(-c4cn(C)nc4CC)nc23)[nH]c1C)N1CCN(C)CC1. The zero-order valence-corrected chi connectivity index (χ0v) is 20.3. The van der Waals surface area contributed by atoms with Crippen molar-refractivity contribution in [2.45, 2.75) is 20.3 Å². The van der Waals surface area contributed by atoms with E-state index in [-0.39, 0.29) is 0 Å². The number of H-pyrrole nitrogens is 2. The Kier molecular flexibility index (Phi) is 5.79. The number of hydrogen-bond donors (Lipinski definition) is 2. The lowest BCUT2D eigenvalue weighted by atomic mass is 10.1. The highest BCUT2D eigenvalue weighted by atomic mass is 15.3. The van der Waals surface area contributed by atoms with Gasteiger partial charge in [-0.3, -0.25) is 9.78 Å². The number of imidazole rings is 1. The van der Waals surface area contributed by atoms with E-state index in [4.69, 9.17) is 9.97 Å². The minimum absolute atomic E-state index is 0.703. The van der Waals surface area contributed by atoms with E-state index in [1.54, 1.807) is 0 Å². The first-order chi connectivity index (χ1) is 16.5.